The van der Waals surface area contributed by atoms with Crippen molar-refractivity contribution in [1.29, 1.82) is 0 Å². The fraction of sp³-hybridized carbons (Fsp3) is 0.706. The lowest BCUT2D eigenvalue weighted by Gasteiger charge is -2.21. The Morgan fingerprint density at radius 2 is 0.524 bits per heavy atom. The molecule has 18 heteroatoms. The molecule has 103 heavy (non-hydrogen) atoms. The van der Waals surface area contributed by atoms with E-state index in [4.69, 9.17) is 32.3 Å². The first-order valence-electron chi connectivity index (χ1n) is 40.5. The molecule has 592 valence electrons. The molecule has 0 aromatic heterocycles. The summed E-state index contributed by atoms with van der Waals surface area (Å²) in [4.78, 5) is 58.6. The van der Waals surface area contributed by atoms with Gasteiger partial charge in [-0.1, -0.05) is 309 Å². The SMILES string of the molecule is CC/C=C\C/C=C\C/C=C\C/C=C\C/C=C\C/C=C\CCCCCCCCCCCCC(=O)OCC(O)COP(=O)(O)OCC(O)COP(=O)(O)OCC(COC(=O)CCCCCCCCCCCCC/C=C\C/C=C\C/C=C\C/C=C\CCCCC)OC(=O)CCCCCCC/C=C\CCCC. The number of aliphatic hydroxyl groups excluding tert-OH is 2. The molecule has 0 radical (unpaired) electrons. The summed E-state index contributed by atoms with van der Waals surface area (Å²) in [6, 6.07) is 0. The lowest BCUT2D eigenvalue weighted by Crippen LogP contribution is -2.30. The fourth-order valence-corrected chi connectivity index (χ4v) is 12.2. The number of allylic oxidation sites excluding steroid dienone is 22. The number of ether oxygens (including phenoxy) is 3. The number of phosphoric ester groups is 2. The molecule has 4 N–H and O–H groups in total. The number of rotatable bonds is 76. The minimum absolute atomic E-state index is 0.0921. The van der Waals surface area contributed by atoms with Crippen LogP contribution in [0.3, 0.4) is 0 Å². The molecule has 0 aliphatic heterocycles. The predicted molar refractivity (Wildman–Crippen MR) is 426 cm³/mol. The lowest BCUT2D eigenvalue weighted by atomic mass is 10.0. The van der Waals surface area contributed by atoms with Crippen LogP contribution in [0.1, 0.15) is 329 Å². The van der Waals surface area contributed by atoms with Gasteiger partial charge in [-0.05, 0) is 135 Å². The van der Waals surface area contributed by atoms with Crippen molar-refractivity contribution in [1.82, 2.24) is 0 Å². The molecule has 0 amide bonds. The number of esters is 3. The smallest absolute Gasteiger partial charge is 0.463 e. The van der Waals surface area contributed by atoms with E-state index in [1.165, 1.54) is 109 Å². The molecule has 0 aliphatic carbocycles. The monoisotopic (exact) mass is 1490 g/mol. The van der Waals surface area contributed by atoms with Gasteiger partial charge in [0.25, 0.3) is 0 Å². The number of hydrogen-bond acceptors (Lipinski definition) is 14. The molecule has 0 fully saturated rings. The second-order valence-corrected chi connectivity index (χ2v) is 29.7. The highest BCUT2D eigenvalue weighted by atomic mass is 31.2. The number of phosphoric acid groups is 2. The Labute approximate surface area is 626 Å². The summed E-state index contributed by atoms with van der Waals surface area (Å²) in [6.07, 6.45) is 93.7. The third kappa shape index (κ3) is 78.6. The number of hydrogen-bond donors (Lipinski definition) is 4. The first-order valence-corrected chi connectivity index (χ1v) is 43.5. The van der Waals surface area contributed by atoms with E-state index in [1.54, 1.807) is 0 Å². The van der Waals surface area contributed by atoms with E-state index >= 15 is 0 Å². The zero-order valence-electron chi connectivity index (χ0n) is 64.7. The third-order valence-corrected chi connectivity index (χ3v) is 18.7. The van der Waals surface area contributed by atoms with Crippen LogP contribution < -0.4 is 0 Å². The van der Waals surface area contributed by atoms with Gasteiger partial charge in [-0.15, -0.1) is 0 Å². The van der Waals surface area contributed by atoms with E-state index in [0.29, 0.717) is 19.3 Å². The van der Waals surface area contributed by atoms with Crippen LogP contribution in [-0.4, -0.2) is 95.9 Å². The molecule has 5 unspecified atom stereocenters. The lowest BCUT2D eigenvalue weighted by molar-refractivity contribution is -0.161. The van der Waals surface area contributed by atoms with E-state index in [2.05, 4.69) is 154 Å². The maximum absolute atomic E-state index is 12.9. The minimum Gasteiger partial charge on any atom is -0.463 e. The van der Waals surface area contributed by atoms with Gasteiger partial charge in [0, 0.05) is 19.3 Å². The number of aliphatic hydroxyl groups is 2. The van der Waals surface area contributed by atoms with Crippen molar-refractivity contribution in [3.8, 4) is 0 Å². The summed E-state index contributed by atoms with van der Waals surface area (Å²) >= 11 is 0. The molecule has 0 heterocycles. The Hall–Kier alpha value is -4.31. The number of carbonyl (C=O) groups is 3. The fourth-order valence-electron chi connectivity index (χ4n) is 10.7. The van der Waals surface area contributed by atoms with E-state index in [0.717, 1.165) is 161 Å². The molecular formula is C85H146O16P2. The Bertz CT molecular complexity index is 2410. The van der Waals surface area contributed by atoms with Crippen LogP contribution in [-0.2, 0) is 55.8 Å². The van der Waals surface area contributed by atoms with Crippen molar-refractivity contribution >= 4 is 33.6 Å². The van der Waals surface area contributed by atoms with Crippen LogP contribution in [0.15, 0.2) is 134 Å². The third-order valence-electron chi connectivity index (χ3n) is 16.8. The summed E-state index contributed by atoms with van der Waals surface area (Å²) in [5, 5.41) is 20.6. The molecule has 0 saturated heterocycles. The molecule has 16 nitrogen and oxygen atoms in total. The molecule has 0 saturated carbocycles. The van der Waals surface area contributed by atoms with Gasteiger partial charge in [-0.25, -0.2) is 9.13 Å². The van der Waals surface area contributed by atoms with Gasteiger partial charge in [0.05, 0.1) is 26.4 Å². The summed E-state index contributed by atoms with van der Waals surface area (Å²) in [7, 11) is -9.79. The summed E-state index contributed by atoms with van der Waals surface area (Å²) < 4.78 is 61.1. The Morgan fingerprint density at radius 3 is 0.854 bits per heavy atom. The van der Waals surface area contributed by atoms with Crippen LogP contribution in [0, 0.1) is 0 Å². The van der Waals surface area contributed by atoms with Crippen molar-refractivity contribution < 1.29 is 75.8 Å². The standard InChI is InChI=1S/C85H146O16P2/c1-4-7-10-13-16-19-22-24-26-28-30-32-34-36-38-39-41-43-44-46-48-50-52-54-57-59-62-65-68-71-83(88)95-74-80(86)75-97-102(91,92)98-76-81(87)77-99-103(93,94)100-79-82(101-85(90)73-70-67-64-61-56-21-18-15-12-9-6-3)78-96-84(89)72-69-66-63-60-58-55-53-51-49-47-45-42-40-37-35-33-31-29-27-25-23-20-17-14-11-8-5-2/h7,10,15-20,24-27,30-33,36-38,40-41,43,80-82,86-87H,4-6,8-9,11-14,21-23,28-29,34-35,39,42,44-79H2,1-3H3,(H,91,92)(H,93,94)/b10-7-,18-15-,19-16-,20-17-,26-24-,27-25-,32-30-,33-31-,38-36-,40-37-,43-41-. The highest BCUT2D eigenvalue weighted by Gasteiger charge is 2.29. The van der Waals surface area contributed by atoms with Gasteiger partial charge in [0.15, 0.2) is 6.10 Å². The summed E-state index contributed by atoms with van der Waals surface area (Å²) in [5.41, 5.74) is 0. The first-order chi connectivity index (χ1) is 50.2. The van der Waals surface area contributed by atoms with Gasteiger partial charge in [-0.3, -0.25) is 32.5 Å². The quantitative estimate of drug-likeness (QED) is 0.0146. The number of unbranched alkanes of at least 4 members (excludes halogenated alkanes) is 31. The van der Waals surface area contributed by atoms with Gasteiger partial charge in [-0.2, -0.15) is 0 Å². The summed E-state index contributed by atoms with van der Waals surface area (Å²) in [5.74, 6) is -1.59. The van der Waals surface area contributed by atoms with Crippen LogP contribution in [0.4, 0.5) is 0 Å². The molecule has 0 aromatic carbocycles. The first kappa shape index (κ1) is 98.7. The van der Waals surface area contributed by atoms with Crippen LogP contribution >= 0.6 is 15.6 Å². The van der Waals surface area contributed by atoms with Crippen molar-refractivity contribution in [3.63, 3.8) is 0 Å². The van der Waals surface area contributed by atoms with E-state index in [1.807, 2.05) is 0 Å². The van der Waals surface area contributed by atoms with Gasteiger partial charge < -0.3 is 34.2 Å². The topological polar surface area (TPSA) is 231 Å². The highest BCUT2D eigenvalue weighted by molar-refractivity contribution is 7.47. The second kappa shape index (κ2) is 77.3. The van der Waals surface area contributed by atoms with Gasteiger partial charge in [0.1, 0.15) is 25.4 Å². The molecule has 0 bridgehead atoms. The van der Waals surface area contributed by atoms with E-state index in [9.17, 15) is 43.5 Å². The second-order valence-electron chi connectivity index (χ2n) is 26.8. The van der Waals surface area contributed by atoms with E-state index < -0.39 is 91.5 Å². The van der Waals surface area contributed by atoms with Crippen LogP contribution in [0.25, 0.3) is 0 Å². The van der Waals surface area contributed by atoms with E-state index in [-0.39, 0.29) is 19.3 Å². The minimum atomic E-state index is -4.93. The van der Waals surface area contributed by atoms with Crippen LogP contribution in [0.2, 0.25) is 0 Å². The molecule has 0 aliphatic rings. The average Bonchev–Trinajstić information content (AvgIpc) is 0.915. The molecular weight excluding hydrogens is 1340 g/mol. The molecule has 0 aromatic rings. The molecule has 5 atom stereocenters. The van der Waals surface area contributed by atoms with Gasteiger partial charge >= 0.3 is 33.6 Å². The zero-order valence-corrected chi connectivity index (χ0v) is 66.5. The number of carbonyl (C=O) groups excluding carboxylic acids is 3. The van der Waals surface area contributed by atoms with Crippen molar-refractivity contribution in [3.05, 3.63) is 134 Å². The summed E-state index contributed by atoms with van der Waals surface area (Å²) in [6.45, 7) is 2.49. The zero-order chi connectivity index (χ0) is 75.2. The molecule has 0 spiro atoms. The highest BCUT2D eigenvalue weighted by Crippen LogP contribution is 2.45. The largest absolute Gasteiger partial charge is 0.472 e. The van der Waals surface area contributed by atoms with Crippen molar-refractivity contribution in [2.75, 3.05) is 39.6 Å². The Balaban J connectivity index is 4.45. The maximum atomic E-state index is 12.9. The predicted octanol–water partition coefficient (Wildman–Crippen LogP) is 23.9. The normalized spacial score (nSPS) is 14.7. The Morgan fingerprint density at radius 1 is 0.282 bits per heavy atom. The van der Waals surface area contributed by atoms with Crippen molar-refractivity contribution in [2.24, 2.45) is 0 Å². The average molecular weight is 1490 g/mol. The Kier molecular flexibility index (Phi) is 74.1. The van der Waals surface area contributed by atoms with Gasteiger partial charge in [0.2, 0.25) is 0 Å². The van der Waals surface area contributed by atoms with Crippen molar-refractivity contribution in [2.45, 2.75) is 347 Å². The van der Waals surface area contributed by atoms with Crippen LogP contribution in [0.5, 0.6) is 0 Å². The molecule has 0 rings (SSSR count). The maximum Gasteiger partial charge on any atom is 0.472 e.